The summed E-state index contributed by atoms with van der Waals surface area (Å²) in [4.78, 5) is 28.8. The highest BCUT2D eigenvalue weighted by Crippen LogP contribution is 2.49. The molecule has 4 rings (SSSR count). The van der Waals surface area contributed by atoms with Crippen LogP contribution in [0.15, 0.2) is 24.3 Å². The van der Waals surface area contributed by atoms with Crippen molar-refractivity contribution in [2.24, 2.45) is 5.92 Å². The Morgan fingerprint density at radius 1 is 1.12 bits per heavy atom. The topological polar surface area (TPSA) is 52.7 Å². The van der Waals surface area contributed by atoms with Gasteiger partial charge in [0, 0.05) is 38.1 Å². The second-order valence-electron chi connectivity index (χ2n) is 7.75. The van der Waals surface area contributed by atoms with Crippen LogP contribution in [0.3, 0.4) is 0 Å². The Morgan fingerprint density at radius 3 is 2.52 bits per heavy atom. The van der Waals surface area contributed by atoms with Crippen LogP contribution in [0.4, 0.5) is 0 Å². The summed E-state index contributed by atoms with van der Waals surface area (Å²) in [5.41, 5.74) is 2.62. The van der Waals surface area contributed by atoms with Crippen LogP contribution in [-0.2, 0) is 9.59 Å². The molecule has 0 spiro atoms. The molecule has 1 aliphatic heterocycles. The molecule has 1 N–H and O–H groups in total. The Balaban J connectivity index is 1.25. The maximum Gasteiger partial charge on any atom is 0.234 e. The summed E-state index contributed by atoms with van der Waals surface area (Å²) < 4.78 is 0. The second-order valence-corrected chi connectivity index (χ2v) is 7.75. The maximum absolute atomic E-state index is 12.8. The smallest absolute Gasteiger partial charge is 0.234 e. The molecule has 1 heterocycles. The first-order valence-corrected chi connectivity index (χ1v) is 9.48. The van der Waals surface area contributed by atoms with E-state index in [1.807, 2.05) is 4.90 Å². The van der Waals surface area contributed by atoms with Gasteiger partial charge >= 0.3 is 0 Å². The van der Waals surface area contributed by atoms with E-state index >= 15 is 0 Å². The van der Waals surface area contributed by atoms with Crippen LogP contribution in [0.25, 0.3) is 0 Å². The zero-order valence-corrected chi connectivity index (χ0v) is 14.9. The Morgan fingerprint density at radius 2 is 1.84 bits per heavy atom. The van der Waals surface area contributed by atoms with Crippen LogP contribution in [-0.4, -0.2) is 60.4 Å². The van der Waals surface area contributed by atoms with Gasteiger partial charge in [-0.15, -0.1) is 0 Å². The van der Waals surface area contributed by atoms with Crippen molar-refractivity contribution in [1.29, 1.82) is 0 Å². The molecule has 5 nitrogen and oxygen atoms in total. The van der Waals surface area contributed by atoms with Gasteiger partial charge in [-0.25, -0.2) is 0 Å². The number of rotatable bonds is 5. The predicted octanol–water partition coefficient (Wildman–Crippen LogP) is 1.52. The fourth-order valence-corrected chi connectivity index (χ4v) is 3.88. The molecule has 0 bridgehead atoms. The summed E-state index contributed by atoms with van der Waals surface area (Å²) in [5.74, 6) is 0.987. The molecule has 0 aromatic heterocycles. The van der Waals surface area contributed by atoms with Crippen molar-refractivity contribution in [3.8, 4) is 0 Å². The third-order valence-electron chi connectivity index (χ3n) is 5.69. The van der Waals surface area contributed by atoms with E-state index in [2.05, 4.69) is 41.4 Å². The molecule has 5 heteroatoms. The number of carbonyl (C=O) groups is 2. The van der Waals surface area contributed by atoms with Gasteiger partial charge in [0.2, 0.25) is 11.8 Å². The minimum Gasteiger partial charge on any atom is -0.352 e. The Kier molecular flexibility index (Phi) is 4.50. The number of hydrogen-bond donors (Lipinski definition) is 1. The summed E-state index contributed by atoms with van der Waals surface area (Å²) in [5, 5.41) is 3.03. The Bertz CT molecular complexity index is 663. The first kappa shape index (κ1) is 16.6. The van der Waals surface area contributed by atoms with Gasteiger partial charge in [-0.2, -0.15) is 0 Å². The van der Waals surface area contributed by atoms with Crippen molar-refractivity contribution in [1.82, 2.24) is 15.1 Å². The van der Waals surface area contributed by atoms with Crippen LogP contribution in [0, 0.1) is 12.8 Å². The van der Waals surface area contributed by atoms with Gasteiger partial charge in [0.1, 0.15) is 0 Å². The van der Waals surface area contributed by atoms with Crippen molar-refractivity contribution >= 4 is 11.8 Å². The summed E-state index contributed by atoms with van der Waals surface area (Å²) in [6, 6.07) is 8.82. The minimum atomic E-state index is 0.129. The number of benzene rings is 1. The van der Waals surface area contributed by atoms with Gasteiger partial charge in [-0.3, -0.25) is 14.5 Å². The third-order valence-corrected chi connectivity index (χ3v) is 5.69. The highest BCUT2D eigenvalue weighted by molar-refractivity contribution is 5.83. The van der Waals surface area contributed by atoms with Gasteiger partial charge < -0.3 is 10.2 Å². The van der Waals surface area contributed by atoms with E-state index in [0.29, 0.717) is 24.4 Å². The summed E-state index contributed by atoms with van der Waals surface area (Å²) >= 11 is 0. The summed E-state index contributed by atoms with van der Waals surface area (Å²) in [7, 11) is 0. The molecule has 2 saturated carbocycles. The second kappa shape index (κ2) is 6.79. The summed E-state index contributed by atoms with van der Waals surface area (Å²) in [6.07, 6.45) is 3.22. The molecule has 1 aromatic carbocycles. The van der Waals surface area contributed by atoms with Crippen molar-refractivity contribution in [3.63, 3.8) is 0 Å². The monoisotopic (exact) mass is 341 g/mol. The van der Waals surface area contributed by atoms with Crippen LogP contribution in [0.2, 0.25) is 0 Å². The van der Waals surface area contributed by atoms with Gasteiger partial charge in [-0.05, 0) is 43.2 Å². The normalized spacial score (nSPS) is 26.4. The molecule has 1 saturated heterocycles. The van der Waals surface area contributed by atoms with Crippen LogP contribution >= 0.6 is 0 Å². The molecular weight excluding hydrogens is 314 g/mol. The highest BCUT2D eigenvalue weighted by Gasteiger charge is 2.46. The molecule has 1 aromatic rings. The standard InChI is InChI=1S/C20H27N3O2/c1-14-4-2-3-5-16(14)17-12-18(17)20(25)23-10-8-22(9-11-23)13-19(24)21-15-6-7-15/h2-5,15,17-18H,6-13H2,1H3,(H,21,24)/t17-,18-/m0/s1. The zero-order chi connectivity index (χ0) is 17.4. The van der Waals surface area contributed by atoms with E-state index in [0.717, 1.165) is 45.4 Å². The average Bonchev–Trinajstić information content (AvgIpc) is 3.50. The lowest BCUT2D eigenvalue weighted by Crippen LogP contribution is -2.51. The number of nitrogens with zero attached hydrogens (tertiary/aromatic N) is 2. The molecule has 2 aliphatic carbocycles. The van der Waals surface area contributed by atoms with E-state index in [9.17, 15) is 9.59 Å². The fraction of sp³-hybridized carbons (Fsp3) is 0.600. The van der Waals surface area contributed by atoms with Crippen LogP contribution in [0.1, 0.15) is 36.3 Å². The van der Waals surface area contributed by atoms with Crippen LogP contribution in [0.5, 0.6) is 0 Å². The van der Waals surface area contributed by atoms with Crippen LogP contribution < -0.4 is 5.32 Å². The van der Waals surface area contributed by atoms with Crippen molar-refractivity contribution < 1.29 is 9.59 Å². The number of piperazine rings is 1. The first-order chi connectivity index (χ1) is 12.1. The van der Waals surface area contributed by atoms with Gasteiger partial charge in [-0.1, -0.05) is 24.3 Å². The third kappa shape index (κ3) is 3.87. The Hall–Kier alpha value is -1.88. The number of aryl methyl sites for hydroxylation is 1. The van der Waals surface area contributed by atoms with E-state index < -0.39 is 0 Å². The molecule has 25 heavy (non-hydrogen) atoms. The average molecular weight is 341 g/mol. The van der Waals surface area contributed by atoms with E-state index in [1.54, 1.807) is 0 Å². The predicted molar refractivity (Wildman–Crippen MR) is 96.2 cm³/mol. The fourth-order valence-electron chi connectivity index (χ4n) is 3.88. The van der Waals surface area contributed by atoms with Gasteiger partial charge in [0.05, 0.1) is 6.54 Å². The number of hydrogen-bond acceptors (Lipinski definition) is 3. The quantitative estimate of drug-likeness (QED) is 0.883. The van der Waals surface area contributed by atoms with Crippen molar-refractivity contribution in [2.45, 2.75) is 38.1 Å². The number of nitrogens with one attached hydrogen (secondary N) is 1. The lowest BCUT2D eigenvalue weighted by Gasteiger charge is -2.34. The first-order valence-electron chi connectivity index (χ1n) is 9.48. The molecule has 2 atom stereocenters. The number of carbonyl (C=O) groups excluding carboxylic acids is 2. The minimum absolute atomic E-state index is 0.129. The molecule has 0 unspecified atom stereocenters. The molecule has 2 amide bonds. The molecular formula is C20H27N3O2. The zero-order valence-electron chi connectivity index (χ0n) is 14.9. The summed E-state index contributed by atoms with van der Waals surface area (Å²) in [6.45, 7) is 5.67. The number of amides is 2. The molecule has 0 radical (unpaired) electrons. The van der Waals surface area contributed by atoms with Crippen molar-refractivity contribution in [2.75, 3.05) is 32.7 Å². The molecule has 134 valence electrons. The molecule has 3 aliphatic rings. The maximum atomic E-state index is 12.8. The van der Waals surface area contributed by atoms with Crippen molar-refractivity contribution in [3.05, 3.63) is 35.4 Å². The molecule has 3 fully saturated rings. The lowest BCUT2D eigenvalue weighted by molar-refractivity contribution is -0.134. The lowest BCUT2D eigenvalue weighted by atomic mass is 10.0. The largest absolute Gasteiger partial charge is 0.352 e. The van der Waals surface area contributed by atoms with E-state index in [-0.39, 0.29) is 11.8 Å². The van der Waals surface area contributed by atoms with Gasteiger partial charge in [0.25, 0.3) is 0 Å². The SMILES string of the molecule is Cc1ccccc1[C@@H]1C[C@@H]1C(=O)N1CCN(CC(=O)NC2CC2)CC1. The van der Waals surface area contributed by atoms with Gasteiger partial charge in [0.15, 0.2) is 0 Å². The van der Waals surface area contributed by atoms with E-state index in [4.69, 9.17) is 0 Å². The van der Waals surface area contributed by atoms with E-state index in [1.165, 1.54) is 11.1 Å². The Labute approximate surface area is 149 Å². The highest BCUT2D eigenvalue weighted by atomic mass is 16.2.